The van der Waals surface area contributed by atoms with E-state index in [-0.39, 0.29) is 6.10 Å². The van der Waals surface area contributed by atoms with Crippen molar-refractivity contribution >= 4 is 5.91 Å². The van der Waals surface area contributed by atoms with Gasteiger partial charge in [0, 0.05) is 19.6 Å². The van der Waals surface area contributed by atoms with Crippen LogP contribution in [0.15, 0.2) is 0 Å². The fourth-order valence-electron chi connectivity index (χ4n) is 1.73. The van der Waals surface area contributed by atoms with E-state index in [9.17, 15) is 18.0 Å². The number of hydrogen-bond acceptors (Lipinski definition) is 4. The summed E-state index contributed by atoms with van der Waals surface area (Å²) in [4.78, 5) is 13.5. The zero-order chi connectivity index (χ0) is 14.5. The van der Waals surface area contributed by atoms with Crippen LogP contribution in [0, 0.1) is 0 Å². The van der Waals surface area contributed by atoms with Crippen LogP contribution in [0.2, 0.25) is 0 Å². The van der Waals surface area contributed by atoms with Crippen molar-refractivity contribution in [1.29, 1.82) is 0 Å². The number of halogens is 3. The molecule has 19 heavy (non-hydrogen) atoms. The average Bonchev–Trinajstić information content (AvgIpc) is 2.32. The summed E-state index contributed by atoms with van der Waals surface area (Å²) in [5.74, 6) is -0.665. The molecule has 0 radical (unpaired) electrons. The highest BCUT2D eigenvalue weighted by Crippen LogP contribution is 2.12. The first-order valence-electron chi connectivity index (χ1n) is 6.16. The van der Waals surface area contributed by atoms with Gasteiger partial charge in [-0.15, -0.1) is 0 Å². The second-order valence-corrected chi connectivity index (χ2v) is 4.72. The van der Waals surface area contributed by atoms with Gasteiger partial charge in [0.2, 0.25) is 5.91 Å². The Morgan fingerprint density at radius 1 is 1.53 bits per heavy atom. The molecule has 0 aliphatic carbocycles. The van der Waals surface area contributed by atoms with E-state index < -0.39 is 24.7 Å². The first-order chi connectivity index (χ1) is 8.78. The van der Waals surface area contributed by atoms with Crippen molar-refractivity contribution in [3.63, 3.8) is 0 Å². The van der Waals surface area contributed by atoms with Gasteiger partial charge in [-0.1, -0.05) is 0 Å². The lowest BCUT2D eigenvalue weighted by Gasteiger charge is -2.30. The number of morpholine rings is 1. The number of carbonyl (C=O) groups is 1. The third-order valence-corrected chi connectivity index (χ3v) is 2.85. The second-order valence-electron chi connectivity index (χ2n) is 4.72. The predicted octanol–water partition coefficient (Wildman–Crippen LogP) is -0.0264. The lowest BCUT2D eigenvalue weighted by molar-refractivity contribution is -0.139. The summed E-state index contributed by atoms with van der Waals surface area (Å²) in [7, 11) is 1.97. The molecule has 2 N–H and O–H groups in total. The van der Waals surface area contributed by atoms with Crippen molar-refractivity contribution in [1.82, 2.24) is 15.5 Å². The quantitative estimate of drug-likeness (QED) is 0.744. The molecule has 1 aliphatic heterocycles. The van der Waals surface area contributed by atoms with Crippen molar-refractivity contribution < 1.29 is 22.7 Å². The van der Waals surface area contributed by atoms with Gasteiger partial charge in [-0.05, 0) is 14.0 Å². The third-order valence-electron chi connectivity index (χ3n) is 2.85. The van der Waals surface area contributed by atoms with Crippen molar-refractivity contribution in [3.8, 4) is 0 Å². The van der Waals surface area contributed by atoms with Crippen LogP contribution in [0.3, 0.4) is 0 Å². The Bertz CT molecular complexity index is 299. The topological polar surface area (TPSA) is 53.6 Å². The molecule has 1 amide bonds. The number of alkyl halides is 3. The molecular formula is C11H20F3N3O2. The summed E-state index contributed by atoms with van der Waals surface area (Å²) in [5, 5.41) is 4.72. The number of carbonyl (C=O) groups excluding carboxylic acids is 1. The highest BCUT2D eigenvalue weighted by atomic mass is 19.4. The van der Waals surface area contributed by atoms with Crippen LogP contribution in [0.4, 0.5) is 13.2 Å². The van der Waals surface area contributed by atoms with Crippen molar-refractivity contribution in [3.05, 3.63) is 0 Å². The Morgan fingerprint density at radius 2 is 2.21 bits per heavy atom. The highest BCUT2D eigenvalue weighted by molar-refractivity contribution is 5.81. The number of hydrogen-bond donors (Lipinski definition) is 2. The molecule has 8 heteroatoms. The van der Waals surface area contributed by atoms with Crippen LogP contribution in [-0.2, 0) is 9.53 Å². The summed E-state index contributed by atoms with van der Waals surface area (Å²) in [6, 6.07) is -0.682. The molecule has 5 nitrogen and oxygen atoms in total. The summed E-state index contributed by atoms with van der Waals surface area (Å²) in [6.07, 6.45) is -4.43. The fraction of sp³-hybridized carbons (Fsp3) is 0.909. The molecule has 0 aromatic heterocycles. The fourth-order valence-corrected chi connectivity index (χ4v) is 1.73. The predicted molar refractivity (Wildman–Crippen MR) is 63.8 cm³/mol. The van der Waals surface area contributed by atoms with Gasteiger partial charge in [0.1, 0.15) is 6.54 Å². The van der Waals surface area contributed by atoms with Crippen LogP contribution in [0.5, 0.6) is 0 Å². The number of rotatable bonds is 5. The Labute approximate surface area is 110 Å². The van der Waals surface area contributed by atoms with E-state index in [4.69, 9.17) is 4.74 Å². The van der Waals surface area contributed by atoms with Crippen LogP contribution in [0.1, 0.15) is 6.92 Å². The number of likely N-dealkylation sites (N-methyl/N-ethyl adjacent to an activating group) is 1. The van der Waals surface area contributed by atoms with Gasteiger partial charge >= 0.3 is 6.18 Å². The molecule has 112 valence electrons. The van der Waals surface area contributed by atoms with E-state index >= 15 is 0 Å². The SMILES string of the molecule is CC(NCC1CN(C)CCO1)C(=O)NCC(F)(F)F. The van der Waals surface area contributed by atoms with Gasteiger partial charge in [-0.2, -0.15) is 13.2 Å². The molecule has 1 saturated heterocycles. The first kappa shape index (κ1) is 16.2. The van der Waals surface area contributed by atoms with Crippen LogP contribution in [0.25, 0.3) is 0 Å². The standard InChI is InChI=1S/C11H20F3N3O2/c1-8(10(18)16-7-11(12,13)14)15-5-9-6-17(2)3-4-19-9/h8-9,15H,3-7H2,1-2H3,(H,16,18). The molecule has 1 rings (SSSR count). The first-order valence-corrected chi connectivity index (χ1v) is 6.16. The Hall–Kier alpha value is -0.860. The lowest BCUT2D eigenvalue weighted by atomic mass is 10.2. The molecule has 0 aromatic rings. The third kappa shape index (κ3) is 6.74. The molecule has 0 spiro atoms. The van der Waals surface area contributed by atoms with Crippen LogP contribution < -0.4 is 10.6 Å². The molecule has 0 saturated carbocycles. The molecule has 1 heterocycles. The number of amides is 1. The second kappa shape index (κ2) is 7.06. The molecule has 2 atom stereocenters. The maximum atomic E-state index is 11.9. The van der Waals surface area contributed by atoms with Gasteiger partial charge in [0.25, 0.3) is 0 Å². The number of ether oxygens (including phenoxy) is 1. The van der Waals surface area contributed by atoms with E-state index in [0.29, 0.717) is 13.2 Å². The maximum absolute atomic E-state index is 11.9. The van der Waals surface area contributed by atoms with Crippen LogP contribution in [-0.4, -0.2) is 69.0 Å². The zero-order valence-electron chi connectivity index (χ0n) is 11.1. The van der Waals surface area contributed by atoms with Gasteiger partial charge in [0.05, 0.1) is 18.8 Å². The number of nitrogens with one attached hydrogen (secondary N) is 2. The summed E-state index contributed by atoms with van der Waals surface area (Å²) in [5.41, 5.74) is 0. The van der Waals surface area contributed by atoms with Crippen molar-refractivity contribution in [2.45, 2.75) is 25.2 Å². The summed E-state index contributed by atoms with van der Waals surface area (Å²) >= 11 is 0. The summed E-state index contributed by atoms with van der Waals surface area (Å²) < 4.78 is 41.3. The van der Waals surface area contributed by atoms with Crippen molar-refractivity contribution in [2.24, 2.45) is 0 Å². The smallest absolute Gasteiger partial charge is 0.374 e. The van der Waals surface area contributed by atoms with Gasteiger partial charge in [0.15, 0.2) is 0 Å². The van der Waals surface area contributed by atoms with E-state index in [1.54, 1.807) is 0 Å². The lowest BCUT2D eigenvalue weighted by Crippen LogP contribution is -2.50. The largest absolute Gasteiger partial charge is 0.405 e. The Balaban J connectivity index is 2.22. The van der Waals surface area contributed by atoms with Gasteiger partial charge in [-0.3, -0.25) is 4.79 Å². The van der Waals surface area contributed by atoms with Gasteiger partial charge < -0.3 is 20.3 Å². The minimum absolute atomic E-state index is 0.0448. The molecule has 1 aliphatic rings. The van der Waals surface area contributed by atoms with E-state index in [0.717, 1.165) is 13.1 Å². The summed E-state index contributed by atoms with van der Waals surface area (Å²) in [6.45, 7) is 2.88. The Kier molecular flexibility index (Phi) is 6.02. The van der Waals surface area contributed by atoms with Gasteiger partial charge in [-0.25, -0.2) is 0 Å². The molecular weight excluding hydrogens is 263 g/mol. The van der Waals surface area contributed by atoms with E-state index in [2.05, 4.69) is 10.2 Å². The molecule has 0 bridgehead atoms. The average molecular weight is 283 g/mol. The molecule has 0 aromatic carbocycles. The monoisotopic (exact) mass is 283 g/mol. The van der Waals surface area contributed by atoms with Crippen molar-refractivity contribution in [2.75, 3.05) is 39.8 Å². The van der Waals surface area contributed by atoms with E-state index in [1.165, 1.54) is 6.92 Å². The maximum Gasteiger partial charge on any atom is 0.405 e. The van der Waals surface area contributed by atoms with E-state index in [1.807, 2.05) is 12.4 Å². The molecule has 1 fully saturated rings. The zero-order valence-corrected chi connectivity index (χ0v) is 11.1. The normalized spacial score (nSPS) is 23.1. The number of nitrogens with zero attached hydrogens (tertiary/aromatic N) is 1. The minimum atomic E-state index is -4.38. The highest BCUT2D eigenvalue weighted by Gasteiger charge is 2.28. The minimum Gasteiger partial charge on any atom is -0.374 e. The van der Waals surface area contributed by atoms with Crippen LogP contribution >= 0.6 is 0 Å². The molecule has 2 unspecified atom stereocenters. The Morgan fingerprint density at radius 3 is 2.79 bits per heavy atom.